The van der Waals surface area contributed by atoms with E-state index in [-0.39, 0.29) is 5.91 Å². The van der Waals surface area contributed by atoms with E-state index in [2.05, 4.69) is 38.3 Å². The molecule has 5 rings (SSSR count). The summed E-state index contributed by atoms with van der Waals surface area (Å²) < 4.78 is 4.25. The summed E-state index contributed by atoms with van der Waals surface area (Å²) in [5, 5.41) is 9.30. The molecule has 3 heterocycles. The Morgan fingerprint density at radius 3 is 2.65 bits per heavy atom. The van der Waals surface area contributed by atoms with Gasteiger partial charge in [-0.1, -0.05) is 24.4 Å². The second kappa shape index (κ2) is 9.14. The summed E-state index contributed by atoms with van der Waals surface area (Å²) >= 11 is 6.50. The van der Waals surface area contributed by atoms with E-state index in [0.717, 1.165) is 23.0 Å². The van der Waals surface area contributed by atoms with Crippen LogP contribution in [0.2, 0.25) is 5.02 Å². The fourth-order valence-corrected chi connectivity index (χ4v) is 5.04. The van der Waals surface area contributed by atoms with Crippen molar-refractivity contribution < 1.29 is 4.79 Å². The largest absolute Gasteiger partial charge is 0.345 e. The van der Waals surface area contributed by atoms with Gasteiger partial charge in [0.25, 0.3) is 5.91 Å². The van der Waals surface area contributed by atoms with Gasteiger partial charge in [-0.3, -0.25) is 9.48 Å². The van der Waals surface area contributed by atoms with Crippen molar-refractivity contribution in [3.8, 4) is 11.3 Å². The maximum absolute atomic E-state index is 12.2. The van der Waals surface area contributed by atoms with Crippen molar-refractivity contribution in [1.29, 1.82) is 0 Å². The number of carbonyl (C=O) groups is 1. The maximum Gasteiger partial charge on any atom is 0.253 e. The highest BCUT2D eigenvalue weighted by atomic mass is 35.5. The maximum atomic E-state index is 12.2. The van der Waals surface area contributed by atoms with Crippen molar-refractivity contribution in [3.05, 3.63) is 59.5 Å². The van der Waals surface area contributed by atoms with Crippen LogP contribution in [0.25, 0.3) is 22.2 Å². The van der Waals surface area contributed by atoms with Crippen LogP contribution < -0.4 is 5.32 Å². The molecule has 1 aromatic carbocycles. The van der Waals surface area contributed by atoms with Gasteiger partial charge in [0.2, 0.25) is 0 Å². The fraction of sp³-hybridized carbons (Fsp3) is 0.346. The summed E-state index contributed by atoms with van der Waals surface area (Å²) in [5.41, 5.74) is 4.67. The minimum absolute atomic E-state index is 0.0827. The number of hydrogen-bond acceptors (Lipinski definition) is 4. The molecule has 1 N–H and O–H groups in total. The second-order valence-corrected chi connectivity index (χ2v) is 9.75. The Morgan fingerprint density at radius 2 is 1.97 bits per heavy atom. The van der Waals surface area contributed by atoms with Gasteiger partial charge in [0.05, 0.1) is 28.1 Å². The Balaban J connectivity index is 1.50. The van der Waals surface area contributed by atoms with Gasteiger partial charge in [0.1, 0.15) is 5.82 Å². The number of anilines is 2. The van der Waals surface area contributed by atoms with Crippen LogP contribution in [0.3, 0.4) is 0 Å². The third-order valence-corrected chi connectivity index (χ3v) is 6.90. The molecule has 3 aromatic heterocycles. The van der Waals surface area contributed by atoms with Crippen LogP contribution in [0.4, 0.5) is 11.5 Å². The van der Waals surface area contributed by atoms with Crippen molar-refractivity contribution >= 4 is 39.9 Å². The van der Waals surface area contributed by atoms with Crippen LogP contribution >= 0.6 is 11.6 Å². The van der Waals surface area contributed by atoms with Crippen LogP contribution in [0.1, 0.15) is 36.0 Å². The Labute approximate surface area is 204 Å². The first-order valence-electron chi connectivity index (χ1n) is 11.7. The normalized spacial score (nSPS) is 14.1. The zero-order valence-corrected chi connectivity index (χ0v) is 20.5. The Morgan fingerprint density at radius 1 is 1.18 bits per heavy atom. The number of pyridine rings is 1. The molecule has 34 heavy (non-hydrogen) atoms. The SMILES string of the molecule is CN(C)C(=O)c1ccc(Nc2cc3c(cn2)cc(-c2cnn(C)c2)n3CC2CCCC2)c(Cl)c1. The van der Waals surface area contributed by atoms with Crippen LogP contribution in [0, 0.1) is 5.92 Å². The number of carbonyl (C=O) groups excluding carboxylic acids is 1. The molecular formula is C26H29ClN6O. The van der Waals surface area contributed by atoms with Crippen molar-refractivity contribution in [3.63, 3.8) is 0 Å². The quantitative estimate of drug-likeness (QED) is 0.386. The third-order valence-electron chi connectivity index (χ3n) is 6.59. The van der Waals surface area contributed by atoms with E-state index in [1.165, 1.54) is 36.3 Å². The van der Waals surface area contributed by atoms with Gasteiger partial charge in [-0.25, -0.2) is 4.98 Å². The molecule has 1 amide bonds. The topological polar surface area (TPSA) is 68.0 Å². The molecule has 4 aromatic rings. The highest BCUT2D eigenvalue weighted by Gasteiger charge is 2.20. The lowest BCUT2D eigenvalue weighted by atomic mass is 10.1. The van der Waals surface area contributed by atoms with Gasteiger partial charge in [0, 0.05) is 62.7 Å². The Kier molecular flexibility index (Phi) is 6.04. The molecule has 1 aliphatic rings. The predicted molar refractivity (Wildman–Crippen MR) is 137 cm³/mol. The number of rotatable bonds is 6. The van der Waals surface area contributed by atoms with Gasteiger partial charge in [0.15, 0.2) is 0 Å². The van der Waals surface area contributed by atoms with E-state index in [0.29, 0.717) is 28.0 Å². The summed E-state index contributed by atoms with van der Waals surface area (Å²) in [7, 11) is 5.39. The number of aromatic nitrogens is 4. The zero-order valence-electron chi connectivity index (χ0n) is 19.8. The van der Waals surface area contributed by atoms with Crippen LogP contribution in [-0.4, -0.2) is 44.2 Å². The molecule has 0 atom stereocenters. The van der Waals surface area contributed by atoms with Crippen LogP contribution in [0.15, 0.2) is 48.9 Å². The Bertz CT molecular complexity index is 1350. The van der Waals surface area contributed by atoms with Crippen molar-refractivity contribution in [1.82, 2.24) is 24.2 Å². The first-order valence-corrected chi connectivity index (χ1v) is 12.0. The number of nitrogens with one attached hydrogen (secondary N) is 1. The molecule has 0 bridgehead atoms. The van der Waals surface area contributed by atoms with Crippen molar-refractivity contribution in [2.24, 2.45) is 13.0 Å². The summed E-state index contributed by atoms with van der Waals surface area (Å²) in [6.45, 7) is 0.985. The first-order chi connectivity index (χ1) is 16.4. The highest BCUT2D eigenvalue weighted by Crippen LogP contribution is 2.34. The zero-order chi connectivity index (χ0) is 23.8. The summed E-state index contributed by atoms with van der Waals surface area (Å²) in [6.07, 6.45) is 11.0. The number of fused-ring (bicyclic) bond motifs is 1. The summed E-state index contributed by atoms with van der Waals surface area (Å²) in [5.74, 6) is 1.32. The molecule has 0 aliphatic heterocycles. The molecule has 1 fully saturated rings. The molecule has 0 saturated heterocycles. The van der Waals surface area contributed by atoms with Crippen LogP contribution in [-0.2, 0) is 13.6 Å². The second-order valence-electron chi connectivity index (χ2n) is 9.34. The van der Waals surface area contributed by atoms with Gasteiger partial charge in [-0.2, -0.15) is 5.10 Å². The molecule has 1 aliphatic carbocycles. The van der Waals surface area contributed by atoms with E-state index in [1.807, 2.05) is 30.2 Å². The van der Waals surface area contributed by atoms with Gasteiger partial charge in [-0.15, -0.1) is 0 Å². The number of amides is 1. The molecule has 1 saturated carbocycles. The van der Waals surface area contributed by atoms with E-state index in [9.17, 15) is 4.79 Å². The third kappa shape index (κ3) is 4.40. The average molecular weight is 477 g/mol. The van der Waals surface area contributed by atoms with Crippen LogP contribution in [0.5, 0.6) is 0 Å². The lowest BCUT2D eigenvalue weighted by molar-refractivity contribution is 0.0827. The number of halogens is 1. The van der Waals surface area contributed by atoms with Crippen molar-refractivity contribution in [2.75, 3.05) is 19.4 Å². The molecule has 176 valence electrons. The minimum atomic E-state index is -0.0827. The Hall–Kier alpha value is -3.32. The predicted octanol–water partition coefficient (Wildman–Crippen LogP) is 5.73. The molecular weight excluding hydrogens is 448 g/mol. The first kappa shape index (κ1) is 22.5. The monoisotopic (exact) mass is 476 g/mol. The molecule has 8 heteroatoms. The molecule has 7 nitrogen and oxygen atoms in total. The van der Waals surface area contributed by atoms with Crippen molar-refractivity contribution in [2.45, 2.75) is 32.2 Å². The minimum Gasteiger partial charge on any atom is -0.345 e. The standard InChI is InChI=1S/C26H29ClN6O/c1-31(2)26(34)18-8-9-22(21(27)10-18)30-25-12-24-19(13-28-25)11-23(20-14-29-32(3)16-20)33(24)15-17-6-4-5-7-17/h8-14,16-17H,4-7,15H2,1-3H3,(H,28,30). The summed E-state index contributed by atoms with van der Waals surface area (Å²) in [6, 6.07) is 9.57. The highest BCUT2D eigenvalue weighted by molar-refractivity contribution is 6.33. The lowest BCUT2D eigenvalue weighted by Crippen LogP contribution is -2.21. The molecule has 0 radical (unpaired) electrons. The van der Waals surface area contributed by atoms with E-state index < -0.39 is 0 Å². The number of aryl methyl sites for hydroxylation is 1. The van der Waals surface area contributed by atoms with Gasteiger partial charge >= 0.3 is 0 Å². The van der Waals surface area contributed by atoms with E-state index >= 15 is 0 Å². The van der Waals surface area contributed by atoms with E-state index in [4.69, 9.17) is 11.6 Å². The molecule has 0 spiro atoms. The fourth-order valence-electron chi connectivity index (χ4n) is 4.81. The van der Waals surface area contributed by atoms with E-state index in [1.54, 1.807) is 26.2 Å². The lowest BCUT2D eigenvalue weighted by Gasteiger charge is -2.16. The summed E-state index contributed by atoms with van der Waals surface area (Å²) in [4.78, 5) is 18.4. The number of nitrogens with zero attached hydrogens (tertiary/aromatic N) is 5. The average Bonchev–Trinajstić information content (AvgIpc) is 3.56. The number of benzene rings is 1. The number of hydrogen-bond donors (Lipinski definition) is 1. The van der Waals surface area contributed by atoms with Gasteiger partial charge in [-0.05, 0) is 43.0 Å². The van der Waals surface area contributed by atoms with Gasteiger partial charge < -0.3 is 14.8 Å². The smallest absolute Gasteiger partial charge is 0.253 e. The molecule has 0 unspecified atom stereocenters.